The number of H-pyrrole nitrogens is 1. The van der Waals surface area contributed by atoms with Crippen molar-refractivity contribution in [3.05, 3.63) is 10.7 Å². The smallest absolute Gasteiger partial charge is 0.294 e. The molecule has 1 aliphatic heterocycles. The van der Waals surface area contributed by atoms with Crippen molar-refractivity contribution in [1.29, 1.82) is 0 Å². The molecule has 1 aromatic rings. The molecule has 1 saturated heterocycles. The second kappa shape index (κ2) is 6.22. The number of halogens is 1. The fourth-order valence-electron chi connectivity index (χ4n) is 1.47. The van der Waals surface area contributed by atoms with Crippen LogP contribution in [-0.4, -0.2) is 35.9 Å². The molecule has 0 bridgehead atoms. The Balaban J connectivity index is 0.00000112. The van der Waals surface area contributed by atoms with Gasteiger partial charge in [-0.25, -0.2) is 0 Å². The first-order valence-corrected chi connectivity index (χ1v) is 5.12. The number of morpholine rings is 1. The maximum absolute atomic E-state index is 5.55. The molecule has 5 nitrogen and oxygen atoms in total. The number of hydrogen-bond donors (Lipinski definition) is 2. The molecule has 0 aromatic carbocycles. The van der Waals surface area contributed by atoms with E-state index in [1.54, 1.807) is 0 Å². The summed E-state index contributed by atoms with van der Waals surface area (Å²) in [5, 5.41) is 7.07. The standard InChI is InChI=1S/C8H13N3O2S.ClH/c14-8-10-7(11-13-8)2-1-6-5-9-3-4-12-6;/h6,9H,1-5H2,(H,10,11,14);1H/t6-;/m1./s1. The molecule has 2 heterocycles. The molecule has 7 heteroatoms. The summed E-state index contributed by atoms with van der Waals surface area (Å²) in [5.41, 5.74) is 0. The zero-order chi connectivity index (χ0) is 9.80. The highest BCUT2D eigenvalue weighted by molar-refractivity contribution is 7.71. The van der Waals surface area contributed by atoms with Crippen molar-refractivity contribution in [1.82, 2.24) is 15.5 Å². The first-order valence-electron chi connectivity index (χ1n) is 4.72. The van der Waals surface area contributed by atoms with Crippen molar-refractivity contribution in [2.45, 2.75) is 18.9 Å². The molecule has 2 rings (SSSR count). The Morgan fingerprint density at radius 2 is 2.40 bits per heavy atom. The summed E-state index contributed by atoms with van der Waals surface area (Å²) >= 11 is 4.78. The van der Waals surface area contributed by atoms with Gasteiger partial charge in [-0.3, -0.25) is 4.98 Å². The number of aromatic amines is 1. The Kier molecular flexibility index (Phi) is 5.24. The summed E-state index contributed by atoms with van der Waals surface area (Å²) in [6, 6.07) is 0. The van der Waals surface area contributed by atoms with Gasteiger partial charge in [-0.2, -0.15) is 0 Å². The lowest BCUT2D eigenvalue weighted by Gasteiger charge is -2.22. The molecule has 1 aromatic heterocycles. The Morgan fingerprint density at radius 1 is 1.53 bits per heavy atom. The van der Waals surface area contributed by atoms with E-state index in [4.69, 9.17) is 21.5 Å². The zero-order valence-corrected chi connectivity index (χ0v) is 9.83. The third kappa shape index (κ3) is 3.90. The molecule has 2 N–H and O–H groups in total. The van der Waals surface area contributed by atoms with E-state index in [0.717, 1.165) is 38.4 Å². The lowest BCUT2D eigenvalue weighted by Crippen LogP contribution is -2.38. The summed E-state index contributed by atoms with van der Waals surface area (Å²) in [6.07, 6.45) is 2.03. The summed E-state index contributed by atoms with van der Waals surface area (Å²) in [6.45, 7) is 2.65. The predicted octanol–water partition coefficient (Wildman–Crippen LogP) is 1.07. The van der Waals surface area contributed by atoms with Gasteiger partial charge in [0.25, 0.3) is 4.84 Å². The quantitative estimate of drug-likeness (QED) is 0.787. The summed E-state index contributed by atoms with van der Waals surface area (Å²) in [4.78, 5) is 3.21. The average Bonchev–Trinajstić information content (AvgIpc) is 2.63. The number of nitrogens with one attached hydrogen (secondary N) is 2. The van der Waals surface area contributed by atoms with Crippen molar-refractivity contribution in [3.8, 4) is 0 Å². The van der Waals surface area contributed by atoms with Crippen LogP contribution >= 0.6 is 24.6 Å². The molecular formula is C8H14ClN3O2S. The number of ether oxygens (including phenoxy) is 1. The SMILES string of the molecule is Cl.S=c1[nH]c(CC[C@@H]2CNCCO2)no1. The predicted molar refractivity (Wildman–Crippen MR) is 59.9 cm³/mol. The minimum absolute atomic E-state index is 0. The van der Waals surface area contributed by atoms with E-state index in [1.165, 1.54) is 0 Å². The van der Waals surface area contributed by atoms with Crippen LogP contribution in [0.2, 0.25) is 0 Å². The first kappa shape index (κ1) is 12.6. The molecule has 0 amide bonds. The maximum atomic E-state index is 5.55. The molecule has 0 unspecified atom stereocenters. The number of rotatable bonds is 3. The molecular weight excluding hydrogens is 238 g/mol. The van der Waals surface area contributed by atoms with Crippen LogP contribution in [0.15, 0.2) is 4.52 Å². The molecule has 0 saturated carbocycles. The van der Waals surface area contributed by atoms with Gasteiger partial charge in [-0.15, -0.1) is 12.4 Å². The zero-order valence-electron chi connectivity index (χ0n) is 8.19. The average molecular weight is 252 g/mol. The molecule has 1 fully saturated rings. The third-order valence-electron chi connectivity index (χ3n) is 2.19. The number of aryl methyl sites for hydroxylation is 1. The van der Waals surface area contributed by atoms with Crippen LogP contribution in [0.25, 0.3) is 0 Å². The summed E-state index contributed by atoms with van der Waals surface area (Å²) in [7, 11) is 0. The van der Waals surface area contributed by atoms with Crippen molar-refractivity contribution in [2.75, 3.05) is 19.7 Å². The van der Waals surface area contributed by atoms with Gasteiger partial charge in [0.05, 0.1) is 12.7 Å². The number of nitrogens with zero attached hydrogens (tertiary/aromatic N) is 1. The van der Waals surface area contributed by atoms with E-state index in [9.17, 15) is 0 Å². The van der Waals surface area contributed by atoms with E-state index in [1.807, 2.05) is 0 Å². The normalized spacial score (nSPS) is 20.9. The highest BCUT2D eigenvalue weighted by Gasteiger charge is 2.13. The van der Waals surface area contributed by atoms with Crippen molar-refractivity contribution in [3.63, 3.8) is 0 Å². The fourth-order valence-corrected chi connectivity index (χ4v) is 1.63. The Bertz CT molecular complexity index is 335. The van der Waals surface area contributed by atoms with E-state index in [0.29, 0.717) is 4.84 Å². The molecule has 1 atom stereocenters. The van der Waals surface area contributed by atoms with Crippen LogP contribution in [0.1, 0.15) is 12.2 Å². The molecule has 0 aliphatic carbocycles. The summed E-state index contributed by atoms with van der Waals surface area (Å²) in [5.74, 6) is 0.796. The van der Waals surface area contributed by atoms with Crippen molar-refractivity contribution >= 4 is 24.6 Å². The van der Waals surface area contributed by atoms with Gasteiger partial charge in [-0.05, 0) is 18.6 Å². The van der Waals surface area contributed by atoms with Gasteiger partial charge in [0.15, 0.2) is 0 Å². The van der Waals surface area contributed by atoms with Crippen LogP contribution in [0.4, 0.5) is 0 Å². The highest BCUT2D eigenvalue weighted by Crippen LogP contribution is 2.05. The summed E-state index contributed by atoms with van der Waals surface area (Å²) < 4.78 is 10.3. The van der Waals surface area contributed by atoms with E-state index < -0.39 is 0 Å². The second-order valence-electron chi connectivity index (χ2n) is 3.28. The van der Waals surface area contributed by atoms with Gasteiger partial charge in [0.1, 0.15) is 5.82 Å². The molecule has 86 valence electrons. The second-order valence-corrected chi connectivity index (χ2v) is 3.65. The van der Waals surface area contributed by atoms with E-state index in [-0.39, 0.29) is 18.5 Å². The van der Waals surface area contributed by atoms with Crippen LogP contribution in [0.3, 0.4) is 0 Å². The number of hydrogen-bond acceptors (Lipinski definition) is 5. The Labute approximate surface area is 99.0 Å². The van der Waals surface area contributed by atoms with Crippen molar-refractivity contribution < 1.29 is 9.26 Å². The van der Waals surface area contributed by atoms with Gasteiger partial charge in [0.2, 0.25) is 0 Å². The van der Waals surface area contributed by atoms with Crippen LogP contribution in [-0.2, 0) is 11.2 Å². The lowest BCUT2D eigenvalue weighted by molar-refractivity contribution is 0.0235. The van der Waals surface area contributed by atoms with Crippen LogP contribution < -0.4 is 5.32 Å². The minimum Gasteiger partial charge on any atom is -0.376 e. The molecule has 0 radical (unpaired) electrons. The van der Waals surface area contributed by atoms with Crippen LogP contribution in [0, 0.1) is 4.84 Å². The van der Waals surface area contributed by atoms with Crippen LogP contribution in [0.5, 0.6) is 0 Å². The van der Waals surface area contributed by atoms with Crippen molar-refractivity contribution in [2.24, 2.45) is 0 Å². The lowest BCUT2D eigenvalue weighted by atomic mass is 10.2. The molecule has 0 spiro atoms. The Morgan fingerprint density at radius 3 is 3.00 bits per heavy atom. The monoisotopic (exact) mass is 251 g/mol. The van der Waals surface area contributed by atoms with E-state index in [2.05, 4.69) is 15.5 Å². The Hall–Kier alpha value is -0.430. The van der Waals surface area contributed by atoms with Gasteiger partial charge in [-0.1, -0.05) is 5.16 Å². The topological polar surface area (TPSA) is 63.1 Å². The largest absolute Gasteiger partial charge is 0.376 e. The fraction of sp³-hybridized carbons (Fsp3) is 0.750. The maximum Gasteiger partial charge on any atom is 0.294 e. The van der Waals surface area contributed by atoms with Gasteiger partial charge >= 0.3 is 0 Å². The molecule has 1 aliphatic rings. The highest BCUT2D eigenvalue weighted by atomic mass is 35.5. The number of aromatic nitrogens is 2. The molecule has 15 heavy (non-hydrogen) atoms. The minimum atomic E-state index is 0. The van der Waals surface area contributed by atoms with Gasteiger partial charge in [0, 0.05) is 19.5 Å². The first-order chi connectivity index (χ1) is 6.84. The van der Waals surface area contributed by atoms with Gasteiger partial charge < -0.3 is 14.6 Å². The third-order valence-corrected chi connectivity index (χ3v) is 2.37. The van der Waals surface area contributed by atoms with E-state index >= 15 is 0 Å².